The molecule has 0 saturated carbocycles. The molecule has 9 heteroatoms. The minimum atomic E-state index is -3.83. The van der Waals surface area contributed by atoms with Gasteiger partial charge in [-0.25, -0.2) is 8.42 Å². The average Bonchev–Trinajstić information content (AvgIpc) is 2.87. The number of hydrogen-bond acceptors (Lipinski definition) is 5. The van der Waals surface area contributed by atoms with Gasteiger partial charge in [0, 0.05) is 6.92 Å². The van der Waals surface area contributed by atoms with Crippen molar-refractivity contribution in [2.45, 2.75) is 54.7 Å². The van der Waals surface area contributed by atoms with Crippen LogP contribution >= 0.6 is 11.6 Å². The highest BCUT2D eigenvalue weighted by Gasteiger charge is 2.43. The summed E-state index contributed by atoms with van der Waals surface area (Å²) >= 11 is 6.23. The molecule has 0 spiro atoms. The predicted octanol–water partition coefficient (Wildman–Crippen LogP) is 2.44. The summed E-state index contributed by atoms with van der Waals surface area (Å²) in [6.45, 7) is 7.17. The van der Waals surface area contributed by atoms with E-state index in [4.69, 9.17) is 16.3 Å². The average molecular weight is 442 g/mol. The number of carbonyl (C=O) groups is 2. The molecule has 1 aromatic rings. The smallest absolute Gasteiger partial charge is 0.303 e. The molecule has 1 unspecified atom stereocenters. The number of halogens is 1. The third-order valence-electron chi connectivity index (χ3n) is 4.05. The number of amides is 1. The van der Waals surface area contributed by atoms with E-state index in [1.54, 1.807) is 18.2 Å². The fraction of sp³-hybridized carbons (Fsp3) is 0.474. The molecular formula is C19H24ClNO5SSi. The van der Waals surface area contributed by atoms with Crippen LogP contribution in [0.15, 0.2) is 35.2 Å². The Kier molecular flexibility index (Phi) is 6.96. The zero-order valence-electron chi connectivity index (χ0n) is 16.3. The second-order valence-corrected chi connectivity index (χ2v) is 15.3. The van der Waals surface area contributed by atoms with E-state index < -0.39 is 40.7 Å². The molecule has 1 aliphatic rings. The molecular weight excluding hydrogens is 418 g/mol. The Labute approximate surface area is 172 Å². The van der Waals surface area contributed by atoms with Gasteiger partial charge < -0.3 is 9.64 Å². The van der Waals surface area contributed by atoms with Crippen LogP contribution in [0.5, 0.6) is 0 Å². The van der Waals surface area contributed by atoms with Crippen molar-refractivity contribution in [1.29, 1.82) is 0 Å². The van der Waals surface area contributed by atoms with Gasteiger partial charge in [-0.2, -0.15) is 0 Å². The largest absolute Gasteiger partial charge is 0.459 e. The first-order chi connectivity index (χ1) is 12.9. The van der Waals surface area contributed by atoms with Crippen LogP contribution in [0.25, 0.3) is 0 Å². The van der Waals surface area contributed by atoms with Crippen LogP contribution in [0.1, 0.15) is 13.3 Å². The summed E-state index contributed by atoms with van der Waals surface area (Å²) in [4.78, 5) is 25.3. The molecule has 1 aromatic carbocycles. The first kappa shape index (κ1) is 22.5. The van der Waals surface area contributed by atoms with Gasteiger partial charge in [-0.05, 0) is 12.1 Å². The Hall–Kier alpha value is -1.82. The van der Waals surface area contributed by atoms with Crippen molar-refractivity contribution in [2.24, 2.45) is 0 Å². The van der Waals surface area contributed by atoms with E-state index in [2.05, 4.69) is 11.5 Å². The first-order valence-corrected chi connectivity index (χ1v) is 14.3. The van der Waals surface area contributed by atoms with Crippen LogP contribution in [0.4, 0.5) is 0 Å². The number of ether oxygens (including phenoxy) is 1. The second-order valence-electron chi connectivity index (χ2n) is 7.63. The van der Waals surface area contributed by atoms with Gasteiger partial charge in [0.2, 0.25) is 5.91 Å². The lowest BCUT2D eigenvalue weighted by Crippen LogP contribution is -2.42. The Balaban J connectivity index is 2.31. The maximum atomic E-state index is 12.7. The number of nitrogens with zero attached hydrogens (tertiary/aromatic N) is 1. The van der Waals surface area contributed by atoms with E-state index in [1.807, 2.05) is 19.6 Å². The highest BCUT2D eigenvalue weighted by atomic mass is 35.5. The first-order valence-electron chi connectivity index (χ1n) is 8.84. The number of likely N-dealkylation sites (tertiary alicyclic amines) is 1. The van der Waals surface area contributed by atoms with Crippen LogP contribution in [0.3, 0.4) is 0 Å². The lowest BCUT2D eigenvalue weighted by atomic mass is 10.2. The zero-order chi connectivity index (χ0) is 21.1. The standard InChI is InChI=1S/C19H24ClNO5SSi/c1-14(22)26-17-12-19(23)21(16(17)10-11-28(2,3)4)13-18(20)27(24,25)15-8-6-5-7-9-15/h5-9,16-18H,12-13H2,1-4H3/t16-,17+,18?/m1/s1. The fourth-order valence-electron chi connectivity index (χ4n) is 2.76. The van der Waals surface area contributed by atoms with Gasteiger partial charge in [-0.1, -0.05) is 43.8 Å². The molecule has 1 saturated heterocycles. The molecule has 0 aromatic heterocycles. The van der Waals surface area contributed by atoms with E-state index in [1.165, 1.54) is 24.0 Å². The number of benzene rings is 1. The SMILES string of the molecule is CC(=O)O[C@H]1CC(=O)N(CC(Cl)S(=O)(=O)c2ccccc2)[C@@H]1C#C[Si](C)(C)C. The zero-order valence-corrected chi connectivity index (χ0v) is 18.9. The molecule has 1 fully saturated rings. The summed E-state index contributed by atoms with van der Waals surface area (Å²) in [6.07, 6.45) is -0.781. The number of carbonyl (C=O) groups excluding carboxylic acids is 2. The quantitative estimate of drug-likeness (QED) is 0.303. The Morgan fingerprint density at radius 1 is 1.32 bits per heavy atom. The van der Waals surface area contributed by atoms with Gasteiger partial charge >= 0.3 is 5.97 Å². The maximum absolute atomic E-state index is 12.7. The molecule has 2 rings (SSSR count). The lowest BCUT2D eigenvalue weighted by molar-refractivity contribution is -0.146. The molecule has 0 N–H and O–H groups in total. The number of sulfone groups is 1. The van der Waals surface area contributed by atoms with Crippen molar-refractivity contribution in [1.82, 2.24) is 4.90 Å². The van der Waals surface area contributed by atoms with Crippen LogP contribution < -0.4 is 0 Å². The fourth-order valence-corrected chi connectivity index (χ4v) is 4.99. The molecule has 28 heavy (non-hydrogen) atoms. The topological polar surface area (TPSA) is 80.8 Å². The Bertz CT molecular complexity index is 902. The molecule has 6 nitrogen and oxygen atoms in total. The van der Waals surface area contributed by atoms with E-state index >= 15 is 0 Å². The van der Waals surface area contributed by atoms with E-state index in [0.717, 1.165) is 0 Å². The van der Waals surface area contributed by atoms with Crippen molar-refractivity contribution >= 4 is 41.4 Å². The van der Waals surface area contributed by atoms with Crippen LogP contribution in [-0.2, 0) is 24.2 Å². The number of esters is 1. The summed E-state index contributed by atoms with van der Waals surface area (Å²) in [5.41, 5.74) is 3.17. The Morgan fingerprint density at radius 2 is 1.93 bits per heavy atom. The summed E-state index contributed by atoms with van der Waals surface area (Å²) < 4.78 is 29.4. The monoisotopic (exact) mass is 441 g/mol. The van der Waals surface area contributed by atoms with Gasteiger partial charge in [-0.15, -0.1) is 17.1 Å². The van der Waals surface area contributed by atoms with Crippen molar-refractivity contribution in [3.05, 3.63) is 30.3 Å². The predicted molar refractivity (Wildman–Crippen MR) is 110 cm³/mol. The van der Waals surface area contributed by atoms with Gasteiger partial charge in [0.05, 0.1) is 17.9 Å². The van der Waals surface area contributed by atoms with E-state index in [9.17, 15) is 18.0 Å². The van der Waals surface area contributed by atoms with Crippen molar-refractivity contribution < 1.29 is 22.7 Å². The highest BCUT2D eigenvalue weighted by Crippen LogP contribution is 2.27. The summed E-state index contributed by atoms with van der Waals surface area (Å²) in [6, 6.07) is 7.13. The molecule has 3 atom stereocenters. The number of rotatable bonds is 5. The highest BCUT2D eigenvalue weighted by molar-refractivity contribution is 7.93. The van der Waals surface area contributed by atoms with Gasteiger partial charge in [0.15, 0.2) is 14.5 Å². The van der Waals surface area contributed by atoms with Crippen LogP contribution in [-0.4, -0.2) is 56.7 Å². The molecule has 0 bridgehead atoms. The number of alkyl halides is 1. The third kappa shape index (κ3) is 5.60. The minimum absolute atomic E-state index is 0.0420. The van der Waals surface area contributed by atoms with Gasteiger partial charge in [-0.3, -0.25) is 9.59 Å². The lowest BCUT2D eigenvalue weighted by Gasteiger charge is -2.26. The summed E-state index contributed by atoms with van der Waals surface area (Å²) in [5.74, 6) is 2.19. The molecule has 1 aliphatic heterocycles. The Morgan fingerprint density at radius 3 is 2.46 bits per heavy atom. The van der Waals surface area contributed by atoms with Crippen molar-refractivity contribution in [3.63, 3.8) is 0 Å². The van der Waals surface area contributed by atoms with Gasteiger partial charge in [0.1, 0.15) is 20.2 Å². The molecule has 1 amide bonds. The second kappa shape index (κ2) is 8.68. The summed E-state index contributed by atoms with van der Waals surface area (Å²) in [7, 11) is -5.60. The maximum Gasteiger partial charge on any atom is 0.303 e. The molecule has 152 valence electrons. The van der Waals surface area contributed by atoms with E-state index in [-0.39, 0.29) is 23.8 Å². The van der Waals surface area contributed by atoms with Crippen molar-refractivity contribution in [2.75, 3.05) is 6.54 Å². The molecule has 0 aliphatic carbocycles. The van der Waals surface area contributed by atoms with Crippen LogP contribution in [0.2, 0.25) is 19.6 Å². The van der Waals surface area contributed by atoms with Crippen LogP contribution in [0, 0.1) is 11.5 Å². The third-order valence-corrected chi connectivity index (χ3v) is 7.53. The normalized spacial score (nSPS) is 21.0. The summed E-state index contributed by atoms with van der Waals surface area (Å²) in [5, 5.41) is 0. The van der Waals surface area contributed by atoms with Crippen molar-refractivity contribution in [3.8, 4) is 11.5 Å². The molecule has 1 heterocycles. The van der Waals surface area contributed by atoms with Gasteiger partial charge in [0.25, 0.3) is 0 Å². The minimum Gasteiger partial charge on any atom is -0.459 e. The number of hydrogen-bond donors (Lipinski definition) is 0. The molecule has 0 radical (unpaired) electrons. The van der Waals surface area contributed by atoms with E-state index in [0.29, 0.717) is 0 Å².